The molecule has 2 aromatic carbocycles. The first-order valence-corrected chi connectivity index (χ1v) is 16.8. The van der Waals surface area contributed by atoms with E-state index in [1.165, 1.54) is 0 Å². The summed E-state index contributed by atoms with van der Waals surface area (Å²) < 4.78 is 5.52. The SMILES string of the molecule is C=C(CNC(=O)C1(NC(=O)CCc2ccc3ccccc3c2)CCOCC1)NC1CC(=O)N=C(N(C)CC)[C@H](Cc2cccnc2)NC1=O. The van der Waals surface area contributed by atoms with Gasteiger partial charge in [0.2, 0.25) is 23.6 Å². The number of benzene rings is 2. The van der Waals surface area contributed by atoms with E-state index < -0.39 is 23.5 Å². The number of carbonyl (C=O) groups is 4. The molecule has 12 nitrogen and oxygen atoms in total. The standard InChI is InChI=1S/C37H45N7O5/c1-4-44(3)34-30(21-27-8-7-17-38-24-27)41-35(47)31(22-33(46)42-34)40-25(2)23-39-36(48)37(15-18-49-19-16-37)43-32(45)14-12-26-11-13-28-9-5-6-10-29(28)20-26/h5-11,13,17,20,24,30-31,40H,2,4,12,14-16,18-19,21-23H2,1,3H3,(H,39,48)(H,41,47)(H,43,45)/t30-,31?/m0/s1. The molecule has 258 valence electrons. The molecular formula is C37H45N7O5. The Kier molecular flexibility index (Phi) is 11.7. The van der Waals surface area contributed by atoms with Crippen LogP contribution in [0.4, 0.5) is 0 Å². The van der Waals surface area contributed by atoms with E-state index in [9.17, 15) is 19.2 Å². The molecule has 12 heteroatoms. The molecule has 1 aromatic heterocycles. The van der Waals surface area contributed by atoms with Gasteiger partial charge in [0.15, 0.2) is 0 Å². The third-order valence-electron chi connectivity index (χ3n) is 9.05. The van der Waals surface area contributed by atoms with Gasteiger partial charge in [-0.25, -0.2) is 0 Å². The van der Waals surface area contributed by atoms with E-state index >= 15 is 0 Å². The normalized spacial score (nSPS) is 19.1. The molecule has 3 aromatic rings. The lowest BCUT2D eigenvalue weighted by Gasteiger charge is -2.36. The Balaban J connectivity index is 1.18. The Morgan fingerprint density at radius 2 is 1.84 bits per heavy atom. The average Bonchev–Trinajstić information content (AvgIpc) is 3.11. The van der Waals surface area contributed by atoms with Crippen molar-refractivity contribution in [1.82, 2.24) is 31.2 Å². The fraction of sp³-hybridized carbons (Fsp3) is 0.405. The lowest BCUT2D eigenvalue weighted by Crippen LogP contribution is -2.61. The number of amides is 4. The van der Waals surface area contributed by atoms with Gasteiger partial charge in [-0.3, -0.25) is 24.2 Å². The minimum Gasteiger partial charge on any atom is -0.381 e. The number of hydrogen-bond donors (Lipinski definition) is 4. The summed E-state index contributed by atoms with van der Waals surface area (Å²) in [6.45, 7) is 7.20. The Bertz CT molecular complexity index is 1700. The van der Waals surface area contributed by atoms with Crippen LogP contribution in [0.3, 0.4) is 0 Å². The van der Waals surface area contributed by atoms with Crippen LogP contribution in [0, 0.1) is 0 Å². The van der Waals surface area contributed by atoms with Crippen LogP contribution in [0.1, 0.15) is 43.7 Å². The van der Waals surface area contributed by atoms with Crippen LogP contribution < -0.4 is 21.3 Å². The van der Waals surface area contributed by atoms with Crippen LogP contribution in [-0.4, -0.2) is 90.3 Å². The quantitative estimate of drug-likeness (QED) is 0.230. The average molecular weight is 668 g/mol. The summed E-state index contributed by atoms with van der Waals surface area (Å²) in [5.74, 6) is -0.921. The highest BCUT2D eigenvalue weighted by Gasteiger charge is 2.41. The second-order valence-corrected chi connectivity index (χ2v) is 12.6. The summed E-state index contributed by atoms with van der Waals surface area (Å²) in [6, 6.07) is 16.4. The minimum atomic E-state index is -1.14. The van der Waals surface area contributed by atoms with E-state index in [0.29, 0.717) is 57.0 Å². The Labute approximate surface area is 286 Å². The van der Waals surface area contributed by atoms with Crippen molar-refractivity contribution in [3.8, 4) is 0 Å². The molecule has 4 N–H and O–H groups in total. The molecule has 1 saturated heterocycles. The van der Waals surface area contributed by atoms with Crippen molar-refractivity contribution in [3.05, 3.63) is 90.4 Å². The maximum absolute atomic E-state index is 13.6. The van der Waals surface area contributed by atoms with Crippen molar-refractivity contribution >= 4 is 40.2 Å². The van der Waals surface area contributed by atoms with Crippen LogP contribution in [0.25, 0.3) is 10.8 Å². The number of pyridine rings is 1. The largest absolute Gasteiger partial charge is 0.381 e. The molecule has 2 aliphatic rings. The second kappa shape index (κ2) is 16.3. The Hall–Kier alpha value is -5.10. The van der Waals surface area contributed by atoms with Gasteiger partial charge in [0.25, 0.3) is 0 Å². The second-order valence-electron chi connectivity index (χ2n) is 12.6. The lowest BCUT2D eigenvalue weighted by molar-refractivity contribution is -0.137. The number of ether oxygens (including phenoxy) is 1. The Morgan fingerprint density at radius 3 is 2.57 bits per heavy atom. The number of fused-ring (bicyclic) bond motifs is 1. The minimum absolute atomic E-state index is 0.0153. The Morgan fingerprint density at radius 1 is 1.06 bits per heavy atom. The molecule has 0 bridgehead atoms. The van der Waals surface area contributed by atoms with E-state index in [4.69, 9.17) is 4.74 Å². The van der Waals surface area contributed by atoms with Crippen molar-refractivity contribution in [2.75, 3.05) is 33.4 Å². The number of likely N-dealkylation sites (N-methyl/N-ethyl adjacent to an activating group) is 1. The molecule has 2 aliphatic heterocycles. The van der Waals surface area contributed by atoms with Gasteiger partial charge in [-0.15, -0.1) is 0 Å². The fourth-order valence-electron chi connectivity index (χ4n) is 6.15. The summed E-state index contributed by atoms with van der Waals surface area (Å²) in [5, 5.41) is 14.2. The topological polar surface area (TPSA) is 154 Å². The predicted molar refractivity (Wildman–Crippen MR) is 188 cm³/mol. The molecule has 1 fully saturated rings. The van der Waals surface area contributed by atoms with Gasteiger partial charge in [0.05, 0.1) is 19.0 Å². The molecule has 1 unspecified atom stereocenters. The highest BCUT2D eigenvalue weighted by Crippen LogP contribution is 2.22. The van der Waals surface area contributed by atoms with E-state index in [2.05, 4.69) is 43.9 Å². The maximum atomic E-state index is 13.6. The van der Waals surface area contributed by atoms with Crippen molar-refractivity contribution in [3.63, 3.8) is 0 Å². The summed E-state index contributed by atoms with van der Waals surface area (Å²) >= 11 is 0. The van der Waals surface area contributed by atoms with E-state index in [0.717, 1.165) is 21.9 Å². The summed E-state index contributed by atoms with van der Waals surface area (Å²) in [7, 11) is 1.83. The third kappa shape index (κ3) is 9.29. The number of carbonyl (C=O) groups excluding carboxylic acids is 4. The van der Waals surface area contributed by atoms with Gasteiger partial charge >= 0.3 is 0 Å². The summed E-state index contributed by atoms with van der Waals surface area (Å²) in [6.07, 6.45) is 5.02. The van der Waals surface area contributed by atoms with Crippen molar-refractivity contribution in [2.24, 2.45) is 4.99 Å². The van der Waals surface area contributed by atoms with Crippen molar-refractivity contribution < 1.29 is 23.9 Å². The lowest BCUT2D eigenvalue weighted by atomic mass is 9.88. The van der Waals surface area contributed by atoms with E-state index in [1.807, 2.05) is 67.4 Å². The number of aromatic nitrogens is 1. The first-order chi connectivity index (χ1) is 23.7. The van der Waals surface area contributed by atoms with Gasteiger partial charge in [0, 0.05) is 70.6 Å². The van der Waals surface area contributed by atoms with Crippen LogP contribution in [0.2, 0.25) is 0 Å². The smallest absolute Gasteiger partial charge is 0.250 e. The monoisotopic (exact) mass is 667 g/mol. The molecule has 0 spiro atoms. The number of aryl methyl sites for hydroxylation is 1. The number of nitrogens with one attached hydrogen (secondary N) is 4. The first kappa shape index (κ1) is 35.2. The van der Waals surface area contributed by atoms with E-state index in [1.54, 1.807) is 12.4 Å². The van der Waals surface area contributed by atoms with Gasteiger partial charge < -0.3 is 30.9 Å². The van der Waals surface area contributed by atoms with Crippen molar-refractivity contribution in [2.45, 2.75) is 63.1 Å². The number of nitrogens with zero attached hydrogens (tertiary/aromatic N) is 3. The van der Waals surface area contributed by atoms with Crippen LogP contribution >= 0.6 is 0 Å². The van der Waals surface area contributed by atoms with Gasteiger partial charge in [-0.2, -0.15) is 4.99 Å². The molecule has 0 aliphatic carbocycles. The number of aliphatic imine (C=N–C) groups is 1. The molecular weight excluding hydrogens is 622 g/mol. The third-order valence-corrected chi connectivity index (χ3v) is 9.05. The maximum Gasteiger partial charge on any atom is 0.250 e. The molecule has 4 amide bonds. The zero-order valence-electron chi connectivity index (χ0n) is 28.2. The molecule has 3 heterocycles. The van der Waals surface area contributed by atoms with Gasteiger partial charge in [0.1, 0.15) is 17.4 Å². The van der Waals surface area contributed by atoms with Gasteiger partial charge in [-0.1, -0.05) is 55.1 Å². The zero-order chi connectivity index (χ0) is 34.8. The fourth-order valence-corrected chi connectivity index (χ4v) is 6.15. The predicted octanol–water partition coefficient (Wildman–Crippen LogP) is 2.43. The van der Waals surface area contributed by atoms with Crippen LogP contribution in [0.5, 0.6) is 0 Å². The molecule has 2 atom stereocenters. The first-order valence-electron chi connectivity index (χ1n) is 16.8. The highest BCUT2D eigenvalue weighted by atomic mass is 16.5. The number of hydrogen-bond acceptors (Lipinski definition) is 8. The van der Waals surface area contributed by atoms with Gasteiger partial charge in [-0.05, 0) is 41.3 Å². The van der Waals surface area contributed by atoms with Crippen LogP contribution in [0.15, 0.2) is 84.3 Å². The van der Waals surface area contributed by atoms with Crippen LogP contribution in [-0.2, 0) is 36.8 Å². The summed E-state index contributed by atoms with van der Waals surface area (Å²) in [5.41, 5.74) is 1.13. The highest BCUT2D eigenvalue weighted by molar-refractivity contribution is 6.03. The molecule has 49 heavy (non-hydrogen) atoms. The number of rotatable bonds is 12. The van der Waals surface area contributed by atoms with E-state index in [-0.39, 0.29) is 37.1 Å². The molecule has 0 radical (unpaired) electrons. The number of amidine groups is 1. The summed E-state index contributed by atoms with van der Waals surface area (Å²) in [4.78, 5) is 63.7. The molecule has 0 saturated carbocycles. The molecule has 5 rings (SSSR count). The van der Waals surface area contributed by atoms with Crippen molar-refractivity contribution in [1.29, 1.82) is 0 Å². The zero-order valence-corrected chi connectivity index (χ0v) is 28.2.